The average molecular weight is 336 g/mol. The van der Waals surface area contributed by atoms with Crippen molar-refractivity contribution >= 4 is 5.91 Å². The van der Waals surface area contributed by atoms with Crippen molar-refractivity contribution in [3.05, 3.63) is 47.9 Å². The van der Waals surface area contributed by atoms with Crippen molar-refractivity contribution in [1.29, 1.82) is 0 Å². The van der Waals surface area contributed by atoms with Gasteiger partial charge in [0.15, 0.2) is 5.82 Å². The van der Waals surface area contributed by atoms with Crippen molar-refractivity contribution in [3.8, 4) is 17.2 Å². The number of aromatic nitrogens is 5. The van der Waals surface area contributed by atoms with E-state index in [4.69, 9.17) is 5.10 Å². The summed E-state index contributed by atoms with van der Waals surface area (Å²) in [4.78, 5) is 14.0. The number of hydrogen-bond acceptors (Lipinski definition) is 4. The topological polar surface area (TPSA) is 68.8 Å². The standard InChI is InChI=1S/C18H20N6O/c1-3-16(25)23-10-9-15-14(11-23)17(21-22(15)2)18-20-19-12-24(18)13-7-5-4-6-8-13/h4-8,12H,3,9-11H2,1-2H3. The number of para-hydroxylation sites is 1. The smallest absolute Gasteiger partial charge is 0.222 e. The number of amides is 1. The Morgan fingerprint density at radius 2 is 2.04 bits per heavy atom. The maximum Gasteiger partial charge on any atom is 0.222 e. The molecule has 1 aliphatic rings. The summed E-state index contributed by atoms with van der Waals surface area (Å²) in [5.41, 5.74) is 4.02. The van der Waals surface area contributed by atoms with Crippen molar-refractivity contribution < 1.29 is 4.79 Å². The molecule has 0 saturated heterocycles. The third-order valence-corrected chi connectivity index (χ3v) is 4.69. The molecule has 1 aromatic carbocycles. The molecule has 0 fully saturated rings. The molecule has 3 aromatic rings. The number of benzene rings is 1. The lowest BCUT2D eigenvalue weighted by Crippen LogP contribution is -2.35. The zero-order valence-electron chi connectivity index (χ0n) is 14.4. The van der Waals surface area contributed by atoms with E-state index in [1.165, 1.54) is 0 Å². The molecule has 2 aromatic heterocycles. The Hall–Kier alpha value is -2.96. The van der Waals surface area contributed by atoms with E-state index in [0.717, 1.165) is 35.6 Å². The molecule has 0 aliphatic carbocycles. The quantitative estimate of drug-likeness (QED) is 0.733. The van der Waals surface area contributed by atoms with Gasteiger partial charge in [-0.3, -0.25) is 14.0 Å². The second-order valence-electron chi connectivity index (χ2n) is 6.18. The second kappa shape index (κ2) is 6.16. The van der Waals surface area contributed by atoms with Crippen LogP contribution in [-0.2, 0) is 24.8 Å². The first-order valence-corrected chi connectivity index (χ1v) is 8.47. The molecule has 4 rings (SSSR count). The monoisotopic (exact) mass is 336 g/mol. The minimum atomic E-state index is 0.171. The van der Waals surface area contributed by atoms with Gasteiger partial charge in [0.2, 0.25) is 5.91 Å². The van der Waals surface area contributed by atoms with Crippen LogP contribution in [-0.4, -0.2) is 41.9 Å². The fourth-order valence-electron chi connectivity index (χ4n) is 3.38. The highest BCUT2D eigenvalue weighted by Gasteiger charge is 2.28. The summed E-state index contributed by atoms with van der Waals surface area (Å²) < 4.78 is 3.84. The molecule has 7 nitrogen and oxygen atoms in total. The number of aryl methyl sites for hydroxylation is 1. The highest BCUT2D eigenvalue weighted by atomic mass is 16.2. The molecule has 1 amide bonds. The van der Waals surface area contributed by atoms with Crippen molar-refractivity contribution in [1.82, 2.24) is 29.4 Å². The van der Waals surface area contributed by atoms with E-state index in [0.29, 0.717) is 18.8 Å². The van der Waals surface area contributed by atoms with Crippen molar-refractivity contribution in [2.75, 3.05) is 6.54 Å². The van der Waals surface area contributed by atoms with Crippen LogP contribution < -0.4 is 0 Å². The van der Waals surface area contributed by atoms with Gasteiger partial charge in [0.1, 0.15) is 12.0 Å². The number of rotatable bonds is 3. The Balaban J connectivity index is 1.79. The van der Waals surface area contributed by atoms with E-state index in [-0.39, 0.29) is 5.91 Å². The van der Waals surface area contributed by atoms with Gasteiger partial charge in [-0.15, -0.1) is 10.2 Å². The molecule has 128 valence electrons. The van der Waals surface area contributed by atoms with Gasteiger partial charge in [0.25, 0.3) is 0 Å². The summed E-state index contributed by atoms with van der Waals surface area (Å²) in [5.74, 6) is 0.874. The van der Waals surface area contributed by atoms with Gasteiger partial charge >= 0.3 is 0 Å². The molecule has 3 heterocycles. The lowest BCUT2D eigenvalue weighted by atomic mass is 10.0. The summed E-state index contributed by atoms with van der Waals surface area (Å²) in [6, 6.07) is 9.96. The number of nitrogens with zero attached hydrogens (tertiary/aromatic N) is 6. The summed E-state index contributed by atoms with van der Waals surface area (Å²) in [6.07, 6.45) is 3.03. The summed E-state index contributed by atoms with van der Waals surface area (Å²) in [5, 5.41) is 13.1. The highest BCUT2D eigenvalue weighted by Crippen LogP contribution is 2.30. The van der Waals surface area contributed by atoms with E-state index in [1.807, 2.05) is 58.5 Å². The number of carbonyl (C=O) groups is 1. The summed E-state index contributed by atoms with van der Waals surface area (Å²) >= 11 is 0. The molecule has 1 aliphatic heterocycles. The lowest BCUT2D eigenvalue weighted by molar-refractivity contribution is -0.131. The van der Waals surface area contributed by atoms with Gasteiger partial charge in [0, 0.05) is 49.9 Å². The maximum absolute atomic E-state index is 12.1. The normalized spacial score (nSPS) is 13.8. The maximum atomic E-state index is 12.1. The Labute approximate surface area is 145 Å². The van der Waals surface area contributed by atoms with Crippen LogP contribution in [0.3, 0.4) is 0 Å². The van der Waals surface area contributed by atoms with Crippen LogP contribution >= 0.6 is 0 Å². The van der Waals surface area contributed by atoms with Crippen molar-refractivity contribution in [3.63, 3.8) is 0 Å². The predicted octanol–water partition coefficient (Wildman–Crippen LogP) is 1.96. The third-order valence-electron chi connectivity index (χ3n) is 4.69. The van der Waals surface area contributed by atoms with Crippen LogP contribution in [0, 0.1) is 0 Å². The fraction of sp³-hybridized carbons (Fsp3) is 0.333. The summed E-state index contributed by atoms with van der Waals surface area (Å²) in [6.45, 7) is 3.21. The third kappa shape index (κ3) is 2.61. The number of fused-ring (bicyclic) bond motifs is 1. The fourth-order valence-corrected chi connectivity index (χ4v) is 3.38. The zero-order valence-corrected chi connectivity index (χ0v) is 14.4. The van der Waals surface area contributed by atoms with Gasteiger partial charge in [-0.05, 0) is 12.1 Å². The van der Waals surface area contributed by atoms with Gasteiger partial charge in [-0.25, -0.2) is 0 Å². The van der Waals surface area contributed by atoms with Gasteiger partial charge in [-0.1, -0.05) is 25.1 Å². The van der Waals surface area contributed by atoms with E-state index in [2.05, 4.69) is 10.2 Å². The van der Waals surface area contributed by atoms with Crippen LogP contribution in [0.4, 0.5) is 0 Å². The molecular weight excluding hydrogens is 316 g/mol. The van der Waals surface area contributed by atoms with Crippen LogP contribution in [0.2, 0.25) is 0 Å². The molecule has 7 heteroatoms. The minimum Gasteiger partial charge on any atom is -0.338 e. The Kier molecular flexibility index (Phi) is 3.83. The van der Waals surface area contributed by atoms with Gasteiger partial charge in [0.05, 0.1) is 0 Å². The van der Waals surface area contributed by atoms with Crippen molar-refractivity contribution in [2.24, 2.45) is 7.05 Å². The molecule has 0 N–H and O–H groups in total. The first kappa shape index (κ1) is 15.6. The van der Waals surface area contributed by atoms with Crippen LogP contribution in [0.15, 0.2) is 36.7 Å². The average Bonchev–Trinajstić information content (AvgIpc) is 3.26. The predicted molar refractivity (Wildman–Crippen MR) is 93.0 cm³/mol. The molecule has 0 bridgehead atoms. The van der Waals surface area contributed by atoms with E-state index in [9.17, 15) is 4.79 Å². The first-order chi connectivity index (χ1) is 12.2. The first-order valence-electron chi connectivity index (χ1n) is 8.47. The van der Waals surface area contributed by atoms with Crippen LogP contribution in [0.25, 0.3) is 17.2 Å². The largest absolute Gasteiger partial charge is 0.338 e. The molecule has 0 unspecified atom stereocenters. The van der Waals surface area contributed by atoms with Gasteiger partial charge in [-0.2, -0.15) is 5.10 Å². The molecule has 0 atom stereocenters. The lowest BCUT2D eigenvalue weighted by Gasteiger charge is -2.27. The molecule has 0 radical (unpaired) electrons. The van der Waals surface area contributed by atoms with Crippen LogP contribution in [0.1, 0.15) is 24.6 Å². The SMILES string of the molecule is CCC(=O)N1CCc2c(c(-c3nncn3-c3ccccc3)nn2C)C1. The van der Waals surface area contributed by atoms with E-state index < -0.39 is 0 Å². The summed E-state index contributed by atoms with van der Waals surface area (Å²) in [7, 11) is 1.95. The second-order valence-corrected chi connectivity index (χ2v) is 6.18. The Morgan fingerprint density at radius 1 is 1.24 bits per heavy atom. The minimum absolute atomic E-state index is 0.171. The highest BCUT2D eigenvalue weighted by molar-refractivity contribution is 5.76. The van der Waals surface area contributed by atoms with Gasteiger partial charge < -0.3 is 4.90 Å². The molecule has 25 heavy (non-hydrogen) atoms. The Morgan fingerprint density at radius 3 is 2.80 bits per heavy atom. The zero-order chi connectivity index (χ0) is 17.4. The molecular formula is C18H20N6O. The Bertz CT molecular complexity index is 911. The molecule has 0 saturated carbocycles. The van der Waals surface area contributed by atoms with E-state index >= 15 is 0 Å². The number of carbonyl (C=O) groups excluding carboxylic acids is 1. The van der Waals surface area contributed by atoms with Crippen molar-refractivity contribution in [2.45, 2.75) is 26.3 Å². The molecule has 0 spiro atoms. The van der Waals surface area contributed by atoms with Crippen LogP contribution in [0.5, 0.6) is 0 Å². The number of hydrogen-bond donors (Lipinski definition) is 0. The van der Waals surface area contributed by atoms with E-state index in [1.54, 1.807) is 6.33 Å².